The van der Waals surface area contributed by atoms with Gasteiger partial charge in [-0.25, -0.2) is 0 Å². The highest BCUT2D eigenvalue weighted by Gasteiger charge is 2.22. The van der Waals surface area contributed by atoms with E-state index < -0.39 is 0 Å². The van der Waals surface area contributed by atoms with Gasteiger partial charge in [-0.05, 0) is 32.7 Å². The number of hydrogen-bond donors (Lipinski definition) is 2. The van der Waals surface area contributed by atoms with Gasteiger partial charge in [-0.1, -0.05) is 5.10 Å². The molecular weight excluding hydrogens is 248 g/mol. The number of amides is 1. The van der Waals surface area contributed by atoms with E-state index in [4.69, 9.17) is 9.15 Å². The minimum absolute atomic E-state index is 0.0617. The topological polar surface area (TPSA) is 89.3 Å². The normalized spacial score (nSPS) is 20.4. The second-order valence-corrected chi connectivity index (χ2v) is 4.73. The van der Waals surface area contributed by atoms with Crippen molar-refractivity contribution in [3.05, 3.63) is 5.89 Å². The lowest BCUT2D eigenvalue weighted by molar-refractivity contribution is -0.116. The van der Waals surface area contributed by atoms with Gasteiger partial charge in [0, 0.05) is 13.5 Å². The average molecular weight is 268 g/mol. The number of methoxy groups -OCH3 is 1. The Morgan fingerprint density at radius 1 is 1.63 bits per heavy atom. The standard InChI is InChI=1S/C12H20N4O3/c1-8(18-2)5-6-10(17)14-12-16-15-11(19-12)9-4-3-7-13-9/h8-9,13H,3-7H2,1-2H3,(H,14,16,17). The van der Waals surface area contributed by atoms with Crippen molar-refractivity contribution in [2.45, 2.75) is 44.8 Å². The summed E-state index contributed by atoms with van der Waals surface area (Å²) in [5, 5.41) is 13.6. The monoisotopic (exact) mass is 268 g/mol. The predicted molar refractivity (Wildman–Crippen MR) is 68.6 cm³/mol. The Labute approximate surface area is 112 Å². The smallest absolute Gasteiger partial charge is 0.322 e. The highest BCUT2D eigenvalue weighted by Crippen LogP contribution is 2.22. The van der Waals surface area contributed by atoms with E-state index in [1.165, 1.54) is 0 Å². The van der Waals surface area contributed by atoms with Crippen LogP contribution in [0, 0.1) is 0 Å². The first-order chi connectivity index (χ1) is 9.19. The van der Waals surface area contributed by atoms with Crippen molar-refractivity contribution < 1.29 is 13.9 Å². The van der Waals surface area contributed by atoms with Gasteiger partial charge in [0.25, 0.3) is 0 Å². The van der Waals surface area contributed by atoms with Gasteiger partial charge in [0.1, 0.15) is 0 Å². The fourth-order valence-electron chi connectivity index (χ4n) is 1.96. The van der Waals surface area contributed by atoms with Gasteiger partial charge in [0.2, 0.25) is 11.8 Å². The van der Waals surface area contributed by atoms with E-state index in [0.29, 0.717) is 18.7 Å². The van der Waals surface area contributed by atoms with Crippen LogP contribution in [0.1, 0.15) is 44.5 Å². The van der Waals surface area contributed by atoms with Crippen LogP contribution in [0.4, 0.5) is 6.01 Å². The summed E-state index contributed by atoms with van der Waals surface area (Å²) in [6.07, 6.45) is 3.18. The van der Waals surface area contributed by atoms with Crippen molar-refractivity contribution in [3.8, 4) is 0 Å². The zero-order valence-electron chi connectivity index (χ0n) is 11.3. The Bertz CT molecular complexity index is 415. The summed E-state index contributed by atoms with van der Waals surface area (Å²) in [6, 6.07) is 0.283. The maximum atomic E-state index is 11.7. The molecule has 19 heavy (non-hydrogen) atoms. The summed E-state index contributed by atoms with van der Waals surface area (Å²) in [5.74, 6) is 0.400. The molecule has 1 aromatic rings. The highest BCUT2D eigenvalue weighted by atomic mass is 16.5. The lowest BCUT2D eigenvalue weighted by Crippen LogP contribution is -2.15. The van der Waals surface area contributed by atoms with Gasteiger partial charge < -0.3 is 14.5 Å². The van der Waals surface area contributed by atoms with E-state index in [0.717, 1.165) is 19.4 Å². The molecule has 1 aromatic heterocycles. The molecule has 1 fully saturated rings. The molecular formula is C12H20N4O3. The third-order valence-corrected chi connectivity index (χ3v) is 3.23. The van der Waals surface area contributed by atoms with E-state index in [1.807, 2.05) is 6.92 Å². The molecule has 2 heterocycles. The van der Waals surface area contributed by atoms with E-state index in [2.05, 4.69) is 20.8 Å². The molecule has 0 aliphatic carbocycles. The first-order valence-corrected chi connectivity index (χ1v) is 6.58. The Balaban J connectivity index is 1.80. The first-order valence-electron chi connectivity index (χ1n) is 6.58. The molecule has 2 unspecified atom stereocenters. The molecule has 1 aliphatic heterocycles. The Morgan fingerprint density at radius 3 is 3.16 bits per heavy atom. The Kier molecular flexibility index (Phi) is 4.86. The lowest BCUT2D eigenvalue weighted by Gasteiger charge is -2.07. The molecule has 0 spiro atoms. The number of anilines is 1. The average Bonchev–Trinajstić information content (AvgIpc) is 3.06. The maximum absolute atomic E-state index is 11.7. The minimum atomic E-state index is -0.140. The molecule has 2 N–H and O–H groups in total. The SMILES string of the molecule is COC(C)CCC(=O)Nc1nnc(C2CCCN2)o1. The number of nitrogens with zero attached hydrogens (tertiary/aromatic N) is 2. The molecule has 7 heteroatoms. The summed E-state index contributed by atoms with van der Waals surface area (Å²) in [4.78, 5) is 11.7. The van der Waals surface area contributed by atoms with Crippen LogP contribution in [0.15, 0.2) is 4.42 Å². The summed E-state index contributed by atoms with van der Waals surface area (Å²) >= 11 is 0. The first kappa shape index (κ1) is 14.0. The molecule has 0 saturated carbocycles. The van der Waals surface area contributed by atoms with Gasteiger partial charge in [-0.3, -0.25) is 10.1 Å². The van der Waals surface area contributed by atoms with Crippen molar-refractivity contribution in [2.24, 2.45) is 0 Å². The van der Waals surface area contributed by atoms with Crippen LogP contribution in [0.3, 0.4) is 0 Å². The molecule has 1 amide bonds. The number of carbonyl (C=O) groups is 1. The zero-order chi connectivity index (χ0) is 13.7. The Morgan fingerprint density at radius 2 is 2.47 bits per heavy atom. The zero-order valence-corrected chi connectivity index (χ0v) is 11.3. The number of ether oxygens (including phenoxy) is 1. The van der Waals surface area contributed by atoms with Gasteiger partial charge >= 0.3 is 6.01 Å². The third kappa shape index (κ3) is 4.00. The number of aromatic nitrogens is 2. The predicted octanol–water partition coefficient (Wildman–Crippen LogP) is 1.25. The third-order valence-electron chi connectivity index (χ3n) is 3.23. The molecule has 0 bridgehead atoms. The van der Waals surface area contributed by atoms with Crippen molar-refractivity contribution in [1.82, 2.24) is 15.5 Å². The molecule has 1 saturated heterocycles. The van der Waals surface area contributed by atoms with Crippen LogP contribution in [-0.4, -0.2) is 35.9 Å². The second-order valence-electron chi connectivity index (χ2n) is 4.73. The van der Waals surface area contributed by atoms with Crippen LogP contribution in [-0.2, 0) is 9.53 Å². The quantitative estimate of drug-likeness (QED) is 0.807. The number of carbonyl (C=O) groups excluding carboxylic acids is 1. The highest BCUT2D eigenvalue weighted by molar-refractivity contribution is 5.88. The second kappa shape index (κ2) is 6.63. The largest absolute Gasteiger partial charge is 0.406 e. The summed E-state index contributed by atoms with van der Waals surface area (Å²) in [5.41, 5.74) is 0. The van der Waals surface area contributed by atoms with Gasteiger partial charge in [-0.15, -0.1) is 5.10 Å². The number of hydrogen-bond acceptors (Lipinski definition) is 6. The van der Waals surface area contributed by atoms with Crippen LogP contribution >= 0.6 is 0 Å². The van der Waals surface area contributed by atoms with Gasteiger partial charge in [0.05, 0.1) is 12.1 Å². The fraction of sp³-hybridized carbons (Fsp3) is 0.750. The maximum Gasteiger partial charge on any atom is 0.322 e. The van der Waals surface area contributed by atoms with Crippen LogP contribution in [0.25, 0.3) is 0 Å². The van der Waals surface area contributed by atoms with Crippen molar-refractivity contribution in [1.29, 1.82) is 0 Å². The molecule has 106 valence electrons. The van der Waals surface area contributed by atoms with Crippen molar-refractivity contribution in [2.75, 3.05) is 19.0 Å². The molecule has 2 rings (SSSR count). The van der Waals surface area contributed by atoms with Gasteiger partial charge in [-0.2, -0.15) is 0 Å². The molecule has 0 aromatic carbocycles. The van der Waals surface area contributed by atoms with Crippen LogP contribution in [0.5, 0.6) is 0 Å². The molecule has 1 aliphatic rings. The van der Waals surface area contributed by atoms with Crippen molar-refractivity contribution >= 4 is 11.9 Å². The minimum Gasteiger partial charge on any atom is -0.406 e. The van der Waals surface area contributed by atoms with Gasteiger partial charge in [0.15, 0.2) is 0 Å². The van der Waals surface area contributed by atoms with Crippen molar-refractivity contribution in [3.63, 3.8) is 0 Å². The fourth-order valence-corrected chi connectivity index (χ4v) is 1.96. The van der Waals surface area contributed by atoms with Crippen LogP contribution in [0.2, 0.25) is 0 Å². The summed E-state index contributed by atoms with van der Waals surface area (Å²) in [7, 11) is 1.63. The number of rotatable bonds is 6. The molecule has 0 radical (unpaired) electrons. The van der Waals surface area contributed by atoms with E-state index in [-0.39, 0.29) is 24.1 Å². The molecule has 7 nitrogen and oxygen atoms in total. The summed E-state index contributed by atoms with van der Waals surface area (Å²) in [6.45, 7) is 2.88. The molecule has 2 atom stereocenters. The lowest BCUT2D eigenvalue weighted by atomic mass is 10.2. The van der Waals surface area contributed by atoms with E-state index in [1.54, 1.807) is 7.11 Å². The van der Waals surface area contributed by atoms with E-state index >= 15 is 0 Å². The van der Waals surface area contributed by atoms with E-state index in [9.17, 15) is 4.79 Å². The number of nitrogens with one attached hydrogen (secondary N) is 2. The Hall–Kier alpha value is -1.47. The van der Waals surface area contributed by atoms with Crippen LogP contribution < -0.4 is 10.6 Å². The summed E-state index contributed by atoms with van der Waals surface area (Å²) < 4.78 is 10.5.